The lowest BCUT2D eigenvalue weighted by Gasteiger charge is -2.35. The van der Waals surface area contributed by atoms with Crippen LogP contribution in [0.1, 0.15) is 51.5 Å². The van der Waals surface area contributed by atoms with Gasteiger partial charge in [0.05, 0.1) is 17.5 Å². The molecule has 7 nitrogen and oxygen atoms in total. The van der Waals surface area contributed by atoms with Crippen molar-refractivity contribution in [1.29, 1.82) is 0 Å². The number of anilines is 1. The second kappa shape index (κ2) is 9.21. The van der Waals surface area contributed by atoms with E-state index in [4.69, 9.17) is 14.6 Å². The molecule has 0 spiro atoms. The Labute approximate surface area is 181 Å². The number of carbonyl (C=O) groups excluding carboxylic acids is 1. The summed E-state index contributed by atoms with van der Waals surface area (Å²) < 4.78 is 38.5. The number of amides is 1. The topological polar surface area (TPSA) is 59.8 Å². The summed E-state index contributed by atoms with van der Waals surface area (Å²) in [5.41, 5.74) is 0.937. The number of hydrogen-bond donors (Lipinski definition) is 0. The van der Waals surface area contributed by atoms with Crippen molar-refractivity contribution in [1.82, 2.24) is 14.7 Å². The van der Waals surface area contributed by atoms with Gasteiger partial charge in [-0.3, -0.25) is 0 Å². The second-order valence-corrected chi connectivity index (χ2v) is 8.56. The number of aromatic nitrogens is 2. The Hall–Kier alpha value is -2.68. The molecule has 1 amide bonds. The van der Waals surface area contributed by atoms with Gasteiger partial charge in [0, 0.05) is 44.9 Å². The molecule has 1 aromatic heterocycles. The van der Waals surface area contributed by atoms with E-state index in [0.29, 0.717) is 31.9 Å². The number of hydrogen-bond acceptors (Lipinski definition) is 5. The molecule has 1 atom stereocenters. The Bertz CT molecular complexity index is 885. The molecule has 1 aliphatic heterocycles. The van der Waals surface area contributed by atoms with E-state index in [1.54, 1.807) is 28.8 Å². The highest BCUT2D eigenvalue weighted by molar-refractivity contribution is 5.68. The Morgan fingerprint density at radius 2 is 1.71 bits per heavy atom. The summed E-state index contributed by atoms with van der Waals surface area (Å²) in [5, 5.41) is 4.72. The molecular formula is C22H30F2N4O3. The van der Waals surface area contributed by atoms with Gasteiger partial charge in [-0.1, -0.05) is 12.1 Å². The fourth-order valence-electron chi connectivity index (χ4n) is 3.36. The highest BCUT2D eigenvalue weighted by Crippen LogP contribution is 2.27. The number of methoxy groups -OCH3 is 1. The lowest BCUT2D eigenvalue weighted by molar-refractivity contribution is 0.0240. The van der Waals surface area contributed by atoms with E-state index in [1.165, 1.54) is 12.1 Å². The van der Waals surface area contributed by atoms with E-state index >= 15 is 0 Å². The lowest BCUT2D eigenvalue weighted by atomic mass is 10.2. The molecule has 0 N–H and O–H groups in total. The van der Waals surface area contributed by atoms with Gasteiger partial charge in [0.25, 0.3) is 6.43 Å². The Morgan fingerprint density at radius 1 is 1.10 bits per heavy atom. The molecule has 0 aliphatic carbocycles. The molecule has 1 unspecified atom stereocenters. The van der Waals surface area contributed by atoms with Crippen LogP contribution in [0.4, 0.5) is 19.4 Å². The molecule has 2 heterocycles. The van der Waals surface area contributed by atoms with Crippen LogP contribution in [0.15, 0.2) is 30.3 Å². The maximum Gasteiger partial charge on any atom is 0.410 e. The highest BCUT2D eigenvalue weighted by Gasteiger charge is 2.27. The zero-order chi connectivity index (χ0) is 22.8. The van der Waals surface area contributed by atoms with Gasteiger partial charge >= 0.3 is 6.09 Å². The first-order chi connectivity index (χ1) is 14.6. The minimum atomic E-state index is -2.51. The van der Waals surface area contributed by atoms with Crippen LogP contribution in [0.3, 0.4) is 0 Å². The molecule has 0 radical (unpaired) electrons. The average molecular weight is 437 g/mol. The van der Waals surface area contributed by atoms with Crippen molar-refractivity contribution in [2.45, 2.75) is 45.8 Å². The van der Waals surface area contributed by atoms with Crippen LogP contribution in [-0.2, 0) is 9.47 Å². The summed E-state index contributed by atoms with van der Waals surface area (Å²) in [6, 6.07) is 8.01. The van der Waals surface area contributed by atoms with Crippen molar-refractivity contribution in [2.24, 2.45) is 0 Å². The third-order valence-corrected chi connectivity index (χ3v) is 5.14. The van der Waals surface area contributed by atoms with Crippen LogP contribution in [0.2, 0.25) is 0 Å². The Kier molecular flexibility index (Phi) is 6.83. The predicted octanol–water partition coefficient (Wildman–Crippen LogP) is 4.57. The van der Waals surface area contributed by atoms with Gasteiger partial charge in [-0.2, -0.15) is 0 Å². The first-order valence-corrected chi connectivity index (χ1v) is 10.3. The van der Waals surface area contributed by atoms with E-state index in [9.17, 15) is 13.6 Å². The summed E-state index contributed by atoms with van der Waals surface area (Å²) in [5.74, 6) is 0.751. The van der Waals surface area contributed by atoms with Gasteiger partial charge in [-0.25, -0.2) is 18.3 Å². The Balaban J connectivity index is 1.78. The number of piperazine rings is 1. The minimum absolute atomic E-state index is 0.0317. The summed E-state index contributed by atoms with van der Waals surface area (Å²) >= 11 is 0. The number of alkyl halides is 2. The van der Waals surface area contributed by atoms with Gasteiger partial charge in [0.1, 0.15) is 5.60 Å². The maximum atomic E-state index is 12.9. The molecule has 0 saturated carbocycles. The van der Waals surface area contributed by atoms with Crippen molar-refractivity contribution in [2.75, 3.05) is 38.2 Å². The number of nitrogens with zero attached hydrogens (tertiary/aromatic N) is 4. The van der Waals surface area contributed by atoms with Crippen molar-refractivity contribution in [3.63, 3.8) is 0 Å². The van der Waals surface area contributed by atoms with E-state index in [2.05, 4.69) is 4.90 Å². The van der Waals surface area contributed by atoms with Crippen LogP contribution in [0, 0.1) is 0 Å². The fraction of sp³-hybridized carbons (Fsp3) is 0.545. The fourth-order valence-corrected chi connectivity index (χ4v) is 3.36. The molecular weight excluding hydrogens is 406 g/mol. The number of benzene rings is 1. The van der Waals surface area contributed by atoms with Gasteiger partial charge in [0.2, 0.25) is 0 Å². The van der Waals surface area contributed by atoms with Crippen LogP contribution >= 0.6 is 0 Å². The minimum Gasteiger partial charge on any atom is -0.444 e. The quantitative estimate of drug-likeness (QED) is 0.687. The molecule has 170 valence electrons. The molecule has 1 fully saturated rings. The van der Waals surface area contributed by atoms with E-state index in [-0.39, 0.29) is 17.8 Å². The molecule has 2 aromatic rings. The number of halogens is 2. The van der Waals surface area contributed by atoms with Crippen molar-refractivity contribution >= 4 is 11.9 Å². The van der Waals surface area contributed by atoms with Crippen LogP contribution in [0.5, 0.6) is 0 Å². The van der Waals surface area contributed by atoms with Gasteiger partial charge in [-0.15, -0.1) is 5.10 Å². The number of rotatable bonds is 5. The lowest BCUT2D eigenvalue weighted by Crippen LogP contribution is -2.50. The monoisotopic (exact) mass is 436 g/mol. The van der Waals surface area contributed by atoms with E-state index in [1.807, 2.05) is 33.8 Å². The molecule has 31 heavy (non-hydrogen) atoms. The first-order valence-electron chi connectivity index (χ1n) is 10.3. The van der Waals surface area contributed by atoms with Crippen LogP contribution in [0.25, 0.3) is 5.69 Å². The third-order valence-electron chi connectivity index (χ3n) is 5.14. The smallest absolute Gasteiger partial charge is 0.410 e. The van der Waals surface area contributed by atoms with E-state index < -0.39 is 12.0 Å². The zero-order valence-corrected chi connectivity index (χ0v) is 18.6. The van der Waals surface area contributed by atoms with Gasteiger partial charge < -0.3 is 19.3 Å². The standard InChI is InChI=1S/C22H30F2N4O3/c1-15(30-5)18-14-19(25-28(18)17-8-6-16(7-9-17)20(23)24)26-10-12-27(13-11-26)21(29)31-22(2,3)4/h6-9,14-15,20H,10-13H2,1-5H3. The molecule has 3 rings (SSSR count). The SMILES string of the molecule is COC(C)c1cc(N2CCN(C(=O)OC(C)(C)C)CC2)nn1-c1ccc(C(F)F)cc1. The second-order valence-electron chi connectivity index (χ2n) is 8.56. The van der Waals surface area contributed by atoms with Crippen molar-refractivity contribution in [3.05, 3.63) is 41.6 Å². The first kappa shape index (κ1) is 23.0. The summed E-state index contributed by atoms with van der Waals surface area (Å²) in [6.45, 7) is 9.73. The van der Waals surface area contributed by atoms with Crippen LogP contribution in [-0.4, -0.2) is 59.7 Å². The molecule has 1 aliphatic rings. The molecule has 0 bridgehead atoms. The van der Waals surface area contributed by atoms with Gasteiger partial charge in [-0.05, 0) is 39.8 Å². The average Bonchev–Trinajstić information content (AvgIpc) is 3.17. The molecule has 1 saturated heterocycles. The van der Waals surface area contributed by atoms with Gasteiger partial charge in [0.15, 0.2) is 5.82 Å². The van der Waals surface area contributed by atoms with Crippen molar-refractivity contribution in [3.8, 4) is 5.69 Å². The van der Waals surface area contributed by atoms with Crippen molar-refractivity contribution < 1.29 is 23.0 Å². The normalized spacial score (nSPS) is 16.0. The highest BCUT2D eigenvalue weighted by atomic mass is 19.3. The molecule has 1 aromatic carbocycles. The molecule has 9 heteroatoms. The van der Waals surface area contributed by atoms with E-state index in [0.717, 1.165) is 11.5 Å². The largest absolute Gasteiger partial charge is 0.444 e. The third kappa shape index (κ3) is 5.52. The summed E-state index contributed by atoms with van der Waals surface area (Å²) in [4.78, 5) is 16.1. The Morgan fingerprint density at radius 3 is 2.23 bits per heavy atom. The zero-order valence-electron chi connectivity index (χ0n) is 18.6. The summed E-state index contributed by atoms with van der Waals surface area (Å²) in [7, 11) is 1.61. The maximum absolute atomic E-state index is 12.9. The van der Waals surface area contributed by atoms with Crippen LogP contribution < -0.4 is 4.90 Å². The number of ether oxygens (including phenoxy) is 2. The summed E-state index contributed by atoms with van der Waals surface area (Å²) in [6.07, 6.45) is -3.06. The number of carbonyl (C=O) groups is 1. The predicted molar refractivity (Wildman–Crippen MR) is 114 cm³/mol.